The third-order valence-electron chi connectivity index (χ3n) is 7.19. The van der Waals surface area contributed by atoms with Gasteiger partial charge in [-0.05, 0) is 37.7 Å². The molecule has 192 valence electrons. The number of nitrogens with one attached hydrogen (secondary N) is 1. The van der Waals surface area contributed by atoms with E-state index >= 15 is 0 Å². The summed E-state index contributed by atoms with van der Waals surface area (Å²) in [7, 11) is 1.62. The number of nitrogens with two attached hydrogens (primary N) is 1. The lowest BCUT2D eigenvalue weighted by atomic mass is 9.85. The zero-order valence-electron chi connectivity index (χ0n) is 20.4. The first kappa shape index (κ1) is 26.8. The summed E-state index contributed by atoms with van der Waals surface area (Å²) >= 11 is 0. The number of ether oxygens (including phenoxy) is 2. The number of amides is 2. The minimum Gasteiger partial charge on any atom is -0.385 e. The lowest BCUT2D eigenvalue weighted by Gasteiger charge is -2.38. The van der Waals surface area contributed by atoms with Crippen LogP contribution in [0.1, 0.15) is 69.5 Å². The van der Waals surface area contributed by atoms with Crippen LogP contribution in [0.25, 0.3) is 0 Å². The molecule has 3 N–H and O–H groups in total. The second kappa shape index (κ2) is 14.0. The van der Waals surface area contributed by atoms with Crippen molar-refractivity contribution in [2.24, 2.45) is 17.6 Å². The largest absolute Gasteiger partial charge is 0.385 e. The molecule has 1 heterocycles. The number of hydrogen-bond acceptors (Lipinski definition) is 4. The molecule has 3 atom stereocenters. The molecule has 0 spiro atoms. The molecule has 2 amide bonds. The fourth-order valence-corrected chi connectivity index (χ4v) is 5.37. The average molecular weight is 482 g/mol. The first-order chi connectivity index (χ1) is 16.5. The predicted molar refractivity (Wildman–Crippen MR) is 128 cm³/mol. The van der Waals surface area contributed by atoms with Crippen molar-refractivity contribution < 1.29 is 23.0 Å². The van der Waals surface area contributed by atoms with E-state index in [9.17, 15) is 13.6 Å². The Morgan fingerprint density at radius 3 is 2.68 bits per heavy atom. The van der Waals surface area contributed by atoms with E-state index in [-0.39, 0.29) is 18.0 Å². The summed E-state index contributed by atoms with van der Waals surface area (Å²) in [5.41, 5.74) is 6.33. The summed E-state index contributed by atoms with van der Waals surface area (Å²) in [6, 6.07) is 3.46. The van der Waals surface area contributed by atoms with E-state index in [1.807, 2.05) is 0 Å². The van der Waals surface area contributed by atoms with Crippen molar-refractivity contribution in [1.82, 2.24) is 10.2 Å². The molecule has 3 rings (SSSR count). The lowest BCUT2D eigenvalue weighted by Crippen LogP contribution is -2.51. The second-order valence-electron chi connectivity index (χ2n) is 9.77. The Morgan fingerprint density at radius 2 is 1.97 bits per heavy atom. The minimum absolute atomic E-state index is 0.0355. The molecule has 0 radical (unpaired) electrons. The number of rotatable bonds is 11. The van der Waals surface area contributed by atoms with Gasteiger partial charge in [0.15, 0.2) is 0 Å². The van der Waals surface area contributed by atoms with Crippen molar-refractivity contribution in [2.45, 2.75) is 69.9 Å². The summed E-state index contributed by atoms with van der Waals surface area (Å²) in [5.74, 6) is -0.691. The van der Waals surface area contributed by atoms with Crippen molar-refractivity contribution in [3.8, 4) is 0 Å². The topological polar surface area (TPSA) is 76.8 Å². The van der Waals surface area contributed by atoms with E-state index in [1.54, 1.807) is 12.0 Å². The fraction of sp³-hybridized carbons (Fsp3) is 0.731. The van der Waals surface area contributed by atoms with Crippen molar-refractivity contribution in [3.05, 3.63) is 35.4 Å². The van der Waals surface area contributed by atoms with Gasteiger partial charge < -0.3 is 25.4 Å². The molecule has 34 heavy (non-hydrogen) atoms. The average Bonchev–Trinajstić information content (AvgIpc) is 2.85. The molecular formula is C26H41F2N3O3. The first-order valence-corrected chi connectivity index (χ1v) is 12.8. The van der Waals surface area contributed by atoms with Gasteiger partial charge in [-0.25, -0.2) is 13.6 Å². The molecule has 6 nitrogen and oxygen atoms in total. The summed E-state index contributed by atoms with van der Waals surface area (Å²) in [6.07, 6.45) is 8.89. The minimum atomic E-state index is -0.617. The van der Waals surface area contributed by atoms with E-state index in [1.165, 1.54) is 44.2 Å². The second-order valence-corrected chi connectivity index (χ2v) is 9.77. The standard InChI is InChI=1S/C26H41F2N3O3/c1-33-13-6-14-34-25(23-11-10-21(27)16-24(23)28)20-9-5-12-31(18-20)26(32)30-22(17-29)15-19-7-3-2-4-8-19/h10-11,16,19-20,22,25H,2-9,12-15,17-18,29H2,1H3,(H,30,32)/t20?,22-,25?/m0/s1. The highest BCUT2D eigenvalue weighted by Gasteiger charge is 2.33. The van der Waals surface area contributed by atoms with Crippen molar-refractivity contribution >= 4 is 6.03 Å². The summed E-state index contributed by atoms with van der Waals surface area (Å²) in [6.45, 7) is 2.46. The number of halogens is 2. The number of methoxy groups -OCH3 is 1. The Bertz CT molecular complexity index is 761. The van der Waals surface area contributed by atoms with Gasteiger partial charge in [-0.2, -0.15) is 0 Å². The van der Waals surface area contributed by atoms with Gasteiger partial charge in [0, 0.05) is 63.5 Å². The van der Waals surface area contributed by atoms with Crippen LogP contribution in [0.2, 0.25) is 0 Å². The van der Waals surface area contributed by atoms with Gasteiger partial charge in [0.05, 0.1) is 6.10 Å². The zero-order valence-corrected chi connectivity index (χ0v) is 20.4. The molecule has 1 aromatic rings. The van der Waals surface area contributed by atoms with E-state index in [0.717, 1.165) is 25.3 Å². The summed E-state index contributed by atoms with van der Waals surface area (Å²) < 4.78 is 39.4. The van der Waals surface area contributed by atoms with Crippen LogP contribution in [0.4, 0.5) is 13.6 Å². The van der Waals surface area contributed by atoms with E-state index in [2.05, 4.69) is 5.32 Å². The number of hydrogen-bond donors (Lipinski definition) is 2. The van der Waals surface area contributed by atoms with E-state index in [0.29, 0.717) is 50.8 Å². The number of piperidine rings is 1. The van der Waals surface area contributed by atoms with Gasteiger partial charge >= 0.3 is 6.03 Å². The monoisotopic (exact) mass is 481 g/mol. The third kappa shape index (κ3) is 7.89. The molecule has 1 aromatic carbocycles. The highest BCUT2D eigenvalue weighted by atomic mass is 19.1. The number of carbonyl (C=O) groups excluding carboxylic acids is 1. The Balaban J connectivity index is 1.64. The Kier molecular flexibility index (Phi) is 11.0. The van der Waals surface area contributed by atoms with Gasteiger partial charge in [-0.3, -0.25) is 0 Å². The predicted octanol–water partition coefficient (Wildman–Crippen LogP) is 4.78. The summed E-state index contributed by atoms with van der Waals surface area (Å²) in [5, 5.41) is 3.14. The maximum Gasteiger partial charge on any atom is 0.317 e. The number of benzene rings is 1. The molecule has 0 aromatic heterocycles. The fourth-order valence-electron chi connectivity index (χ4n) is 5.37. The molecule has 0 bridgehead atoms. The van der Waals surface area contributed by atoms with Crippen LogP contribution in [0.15, 0.2) is 18.2 Å². The molecule has 1 saturated carbocycles. The van der Waals surface area contributed by atoms with Gasteiger partial charge in [-0.15, -0.1) is 0 Å². The quantitative estimate of drug-likeness (QED) is 0.446. The smallest absolute Gasteiger partial charge is 0.317 e. The number of urea groups is 1. The first-order valence-electron chi connectivity index (χ1n) is 12.8. The van der Waals surface area contributed by atoms with Crippen LogP contribution in [0, 0.1) is 23.5 Å². The van der Waals surface area contributed by atoms with Crippen LogP contribution in [-0.4, -0.2) is 56.9 Å². The number of likely N-dealkylation sites (tertiary alicyclic amines) is 1. The normalized spacial score (nSPS) is 21.3. The van der Waals surface area contributed by atoms with Gasteiger partial charge in [0.1, 0.15) is 11.6 Å². The van der Waals surface area contributed by atoms with Crippen LogP contribution < -0.4 is 11.1 Å². The lowest BCUT2D eigenvalue weighted by molar-refractivity contribution is -0.0186. The van der Waals surface area contributed by atoms with E-state index < -0.39 is 17.7 Å². The summed E-state index contributed by atoms with van der Waals surface area (Å²) in [4.78, 5) is 14.9. The Morgan fingerprint density at radius 1 is 1.18 bits per heavy atom. The van der Waals surface area contributed by atoms with Crippen LogP contribution in [-0.2, 0) is 9.47 Å². The molecule has 2 aliphatic rings. The zero-order chi connectivity index (χ0) is 24.3. The molecular weight excluding hydrogens is 440 g/mol. The molecule has 8 heteroatoms. The van der Waals surface area contributed by atoms with Crippen LogP contribution >= 0.6 is 0 Å². The maximum absolute atomic E-state index is 14.7. The highest BCUT2D eigenvalue weighted by molar-refractivity contribution is 5.74. The Labute approximate surface area is 202 Å². The van der Waals surface area contributed by atoms with Gasteiger partial charge in [-0.1, -0.05) is 38.2 Å². The molecule has 1 aliphatic heterocycles. The highest BCUT2D eigenvalue weighted by Crippen LogP contribution is 2.35. The molecule has 2 fully saturated rings. The van der Waals surface area contributed by atoms with Gasteiger partial charge in [0.25, 0.3) is 0 Å². The maximum atomic E-state index is 14.7. The van der Waals surface area contributed by atoms with Crippen LogP contribution in [0.3, 0.4) is 0 Å². The molecule has 1 aliphatic carbocycles. The van der Waals surface area contributed by atoms with Gasteiger partial charge in [0.2, 0.25) is 0 Å². The number of carbonyl (C=O) groups is 1. The Hall–Kier alpha value is -1.77. The van der Waals surface area contributed by atoms with E-state index in [4.69, 9.17) is 15.2 Å². The van der Waals surface area contributed by atoms with Crippen molar-refractivity contribution in [2.75, 3.05) is 40.0 Å². The SMILES string of the molecule is COCCCOC(c1ccc(F)cc1F)C1CCCN(C(=O)N[C@H](CN)CC2CCCCC2)C1. The molecule has 1 saturated heterocycles. The van der Waals surface area contributed by atoms with Crippen molar-refractivity contribution in [3.63, 3.8) is 0 Å². The van der Waals surface area contributed by atoms with Crippen LogP contribution in [0.5, 0.6) is 0 Å². The number of nitrogens with zero attached hydrogens (tertiary/aromatic N) is 1. The van der Waals surface area contributed by atoms with Crippen molar-refractivity contribution in [1.29, 1.82) is 0 Å². The third-order valence-corrected chi connectivity index (χ3v) is 7.19. The molecule has 2 unspecified atom stereocenters.